The van der Waals surface area contributed by atoms with E-state index in [4.69, 9.17) is 11.6 Å². The summed E-state index contributed by atoms with van der Waals surface area (Å²) in [6, 6.07) is 5.24. The molecule has 0 atom stereocenters. The number of aromatic nitrogens is 1. The van der Waals surface area contributed by atoms with Gasteiger partial charge < -0.3 is 4.90 Å². The standard InChI is InChI=1S/C16H18ClFN2S/c1-20(8-11-2-3-11)9-13-6-12(4-5-15(13)18)16-19-14(7-17)10-21-16/h4-6,10-11H,2-3,7-9H2,1H3. The number of rotatable bonds is 6. The van der Waals surface area contributed by atoms with Crippen molar-refractivity contribution in [3.63, 3.8) is 0 Å². The molecule has 3 rings (SSSR count). The van der Waals surface area contributed by atoms with Gasteiger partial charge in [0.1, 0.15) is 10.8 Å². The lowest BCUT2D eigenvalue weighted by Gasteiger charge is -2.17. The summed E-state index contributed by atoms with van der Waals surface area (Å²) in [5, 5.41) is 2.85. The minimum absolute atomic E-state index is 0.143. The molecular formula is C16H18ClFN2S. The fraction of sp³-hybridized carbons (Fsp3) is 0.438. The number of benzene rings is 1. The van der Waals surface area contributed by atoms with E-state index in [0.717, 1.165) is 34.3 Å². The van der Waals surface area contributed by atoms with Gasteiger partial charge in [0.2, 0.25) is 0 Å². The summed E-state index contributed by atoms with van der Waals surface area (Å²) in [5.41, 5.74) is 2.57. The summed E-state index contributed by atoms with van der Waals surface area (Å²) in [4.78, 5) is 6.66. The molecule has 2 nitrogen and oxygen atoms in total. The van der Waals surface area contributed by atoms with Gasteiger partial charge in [-0.3, -0.25) is 0 Å². The van der Waals surface area contributed by atoms with Gasteiger partial charge in [0, 0.05) is 29.6 Å². The Morgan fingerprint density at radius 3 is 2.90 bits per heavy atom. The highest BCUT2D eigenvalue weighted by Gasteiger charge is 2.23. The Hall–Kier alpha value is -0.970. The van der Waals surface area contributed by atoms with Crippen molar-refractivity contribution in [3.8, 4) is 10.6 Å². The smallest absolute Gasteiger partial charge is 0.127 e. The molecule has 1 aliphatic rings. The Morgan fingerprint density at radius 1 is 1.43 bits per heavy atom. The van der Waals surface area contributed by atoms with Crippen molar-refractivity contribution in [3.05, 3.63) is 40.7 Å². The van der Waals surface area contributed by atoms with Crippen LogP contribution in [0.1, 0.15) is 24.1 Å². The minimum atomic E-state index is -0.143. The van der Waals surface area contributed by atoms with Gasteiger partial charge in [0.05, 0.1) is 11.6 Å². The Kier molecular flexibility index (Phi) is 4.57. The predicted octanol–water partition coefficient (Wildman–Crippen LogP) is 4.53. The van der Waals surface area contributed by atoms with E-state index < -0.39 is 0 Å². The van der Waals surface area contributed by atoms with E-state index in [1.807, 2.05) is 11.4 Å². The number of thiazole rings is 1. The van der Waals surface area contributed by atoms with Crippen LogP contribution in [0.5, 0.6) is 0 Å². The van der Waals surface area contributed by atoms with Gasteiger partial charge in [-0.2, -0.15) is 0 Å². The molecule has 0 aliphatic heterocycles. The van der Waals surface area contributed by atoms with Crippen molar-refractivity contribution in [1.29, 1.82) is 0 Å². The molecule has 0 bridgehead atoms. The van der Waals surface area contributed by atoms with Crippen LogP contribution in [0, 0.1) is 11.7 Å². The number of halogens is 2. The second kappa shape index (κ2) is 6.42. The first kappa shape index (κ1) is 14.9. The van der Waals surface area contributed by atoms with Crippen molar-refractivity contribution in [2.24, 2.45) is 5.92 Å². The highest BCUT2D eigenvalue weighted by molar-refractivity contribution is 7.13. The van der Waals surface area contributed by atoms with Gasteiger partial charge in [-0.25, -0.2) is 9.37 Å². The summed E-state index contributed by atoms with van der Waals surface area (Å²) >= 11 is 7.33. The number of hydrogen-bond donors (Lipinski definition) is 0. The van der Waals surface area contributed by atoms with Crippen molar-refractivity contribution in [2.45, 2.75) is 25.3 Å². The molecule has 1 fully saturated rings. The van der Waals surface area contributed by atoms with Crippen molar-refractivity contribution >= 4 is 22.9 Å². The summed E-state index contributed by atoms with van der Waals surface area (Å²) in [7, 11) is 2.05. The van der Waals surface area contributed by atoms with Crippen LogP contribution in [-0.4, -0.2) is 23.5 Å². The molecule has 0 unspecified atom stereocenters. The molecular weight excluding hydrogens is 307 g/mol. The Morgan fingerprint density at radius 2 is 2.24 bits per heavy atom. The van der Waals surface area contributed by atoms with Gasteiger partial charge in [0.15, 0.2) is 0 Å². The molecule has 5 heteroatoms. The maximum Gasteiger partial charge on any atom is 0.127 e. The van der Waals surface area contributed by atoms with E-state index in [9.17, 15) is 4.39 Å². The zero-order valence-electron chi connectivity index (χ0n) is 12.0. The van der Waals surface area contributed by atoms with Crippen LogP contribution < -0.4 is 0 Å². The van der Waals surface area contributed by atoms with E-state index in [-0.39, 0.29) is 5.82 Å². The van der Waals surface area contributed by atoms with E-state index in [1.54, 1.807) is 17.4 Å². The third-order valence-electron chi connectivity index (χ3n) is 3.69. The Labute approximate surface area is 133 Å². The van der Waals surface area contributed by atoms with Gasteiger partial charge in [-0.15, -0.1) is 22.9 Å². The highest BCUT2D eigenvalue weighted by Crippen LogP contribution is 2.30. The average molecular weight is 325 g/mol. The van der Waals surface area contributed by atoms with Crippen LogP contribution in [-0.2, 0) is 12.4 Å². The maximum atomic E-state index is 14.0. The lowest BCUT2D eigenvalue weighted by molar-refractivity contribution is 0.308. The Balaban J connectivity index is 1.78. The van der Waals surface area contributed by atoms with E-state index >= 15 is 0 Å². The molecule has 0 spiro atoms. The van der Waals surface area contributed by atoms with Gasteiger partial charge >= 0.3 is 0 Å². The maximum absolute atomic E-state index is 14.0. The average Bonchev–Trinajstić information content (AvgIpc) is 3.15. The molecule has 21 heavy (non-hydrogen) atoms. The molecule has 2 aromatic rings. The molecule has 0 amide bonds. The molecule has 1 heterocycles. The minimum Gasteiger partial charge on any atom is -0.302 e. The highest BCUT2D eigenvalue weighted by atomic mass is 35.5. The topological polar surface area (TPSA) is 16.1 Å². The summed E-state index contributed by atoms with van der Waals surface area (Å²) in [6.45, 7) is 1.70. The van der Waals surface area contributed by atoms with E-state index in [0.29, 0.717) is 12.4 Å². The molecule has 0 saturated heterocycles. The quantitative estimate of drug-likeness (QED) is 0.726. The first-order valence-electron chi connectivity index (χ1n) is 7.13. The van der Waals surface area contributed by atoms with Crippen LogP contribution in [0.25, 0.3) is 10.6 Å². The van der Waals surface area contributed by atoms with Crippen molar-refractivity contribution in [1.82, 2.24) is 9.88 Å². The third kappa shape index (κ3) is 3.82. The van der Waals surface area contributed by atoms with Crippen LogP contribution >= 0.6 is 22.9 Å². The molecule has 112 valence electrons. The van der Waals surface area contributed by atoms with Gasteiger partial charge in [-0.05, 0) is 44.0 Å². The first-order chi connectivity index (χ1) is 10.2. The molecule has 0 N–H and O–H groups in total. The largest absolute Gasteiger partial charge is 0.302 e. The predicted molar refractivity (Wildman–Crippen MR) is 86.1 cm³/mol. The number of alkyl halides is 1. The lowest BCUT2D eigenvalue weighted by atomic mass is 10.1. The van der Waals surface area contributed by atoms with Crippen LogP contribution in [0.15, 0.2) is 23.6 Å². The monoisotopic (exact) mass is 324 g/mol. The molecule has 1 saturated carbocycles. The SMILES string of the molecule is CN(Cc1cc(-c2nc(CCl)cs2)ccc1F)CC1CC1. The third-order valence-corrected chi connectivity index (χ3v) is 4.90. The number of nitrogens with zero attached hydrogens (tertiary/aromatic N) is 2. The fourth-order valence-corrected chi connectivity index (χ4v) is 3.47. The lowest BCUT2D eigenvalue weighted by Crippen LogP contribution is -2.21. The van der Waals surface area contributed by atoms with Crippen molar-refractivity contribution in [2.75, 3.05) is 13.6 Å². The summed E-state index contributed by atoms with van der Waals surface area (Å²) in [6.07, 6.45) is 2.63. The molecule has 1 aromatic heterocycles. The zero-order valence-corrected chi connectivity index (χ0v) is 13.6. The van der Waals surface area contributed by atoms with E-state index in [2.05, 4.69) is 16.9 Å². The van der Waals surface area contributed by atoms with Gasteiger partial charge in [-0.1, -0.05) is 0 Å². The van der Waals surface area contributed by atoms with Gasteiger partial charge in [0.25, 0.3) is 0 Å². The second-order valence-corrected chi connectivity index (χ2v) is 6.85. The molecule has 0 radical (unpaired) electrons. The molecule has 1 aliphatic carbocycles. The Bertz CT molecular complexity index is 624. The van der Waals surface area contributed by atoms with E-state index in [1.165, 1.54) is 18.9 Å². The second-order valence-electron chi connectivity index (χ2n) is 5.72. The van der Waals surface area contributed by atoms with Crippen LogP contribution in [0.4, 0.5) is 4.39 Å². The number of hydrogen-bond acceptors (Lipinski definition) is 3. The first-order valence-corrected chi connectivity index (χ1v) is 8.55. The summed E-state index contributed by atoms with van der Waals surface area (Å²) in [5.74, 6) is 1.08. The zero-order chi connectivity index (χ0) is 14.8. The summed E-state index contributed by atoms with van der Waals surface area (Å²) < 4.78 is 14.0. The molecule has 1 aromatic carbocycles. The fourth-order valence-electron chi connectivity index (χ4n) is 2.43. The normalized spacial score (nSPS) is 14.9. The van der Waals surface area contributed by atoms with Crippen LogP contribution in [0.2, 0.25) is 0 Å². The van der Waals surface area contributed by atoms with Crippen molar-refractivity contribution < 1.29 is 4.39 Å². The van der Waals surface area contributed by atoms with Crippen LogP contribution in [0.3, 0.4) is 0 Å².